The molecule has 62 valence electrons. The molecular weight excluding hydrogens is 146 g/mol. The van der Waals surface area contributed by atoms with E-state index in [2.05, 4.69) is 0 Å². The maximum atomic E-state index is 10.6. The van der Waals surface area contributed by atoms with E-state index in [-0.39, 0.29) is 6.04 Å². The van der Waals surface area contributed by atoms with Gasteiger partial charge in [-0.1, -0.05) is 0 Å². The van der Waals surface area contributed by atoms with Crippen LogP contribution in [0.3, 0.4) is 0 Å². The highest BCUT2D eigenvalue weighted by Gasteiger charge is 2.46. The molecule has 2 aliphatic rings. The second-order valence-corrected chi connectivity index (χ2v) is 3.41. The summed E-state index contributed by atoms with van der Waals surface area (Å²) in [4.78, 5) is 11.9. The zero-order valence-corrected chi connectivity index (χ0v) is 6.10. The van der Waals surface area contributed by atoms with Crippen LogP contribution < -0.4 is 0 Å². The summed E-state index contributed by atoms with van der Waals surface area (Å²) in [6, 6.07) is -0.113. The molecule has 2 N–H and O–H groups in total. The number of hydrogen-bond donors (Lipinski definition) is 2. The molecule has 1 aliphatic heterocycles. The summed E-state index contributed by atoms with van der Waals surface area (Å²) in [5.41, 5.74) is 0. The maximum Gasteiger partial charge on any atom is 0.407 e. The molecule has 0 radical (unpaired) electrons. The Morgan fingerprint density at radius 1 is 1.45 bits per heavy atom. The van der Waals surface area contributed by atoms with E-state index in [1.807, 2.05) is 0 Å². The average Bonchev–Trinajstić information content (AvgIpc) is 2.43. The number of amides is 1. The van der Waals surface area contributed by atoms with Gasteiger partial charge in [-0.3, -0.25) is 0 Å². The monoisotopic (exact) mass is 157 g/mol. The van der Waals surface area contributed by atoms with Crippen molar-refractivity contribution < 1.29 is 15.0 Å². The Hall–Kier alpha value is -0.770. The Balaban J connectivity index is 2.12. The third kappa shape index (κ3) is 0.894. The summed E-state index contributed by atoms with van der Waals surface area (Å²) in [5.74, 6) is 0.408. The zero-order valence-electron chi connectivity index (χ0n) is 6.10. The molecule has 0 aromatic heterocycles. The van der Waals surface area contributed by atoms with Gasteiger partial charge in [0.25, 0.3) is 0 Å². The van der Waals surface area contributed by atoms with E-state index >= 15 is 0 Å². The van der Waals surface area contributed by atoms with Gasteiger partial charge in [0, 0.05) is 6.54 Å². The molecule has 2 rings (SSSR count). The fourth-order valence-electron chi connectivity index (χ4n) is 2.21. The molecule has 2 bridgehead atoms. The van der Waals surface area contributed by atoms with Crippen LogP contribution in [-0.4, -0.2) is 39.9 Å². The highest BCUT2D eigenvalue weighted by atomic mass is 16.4. The normalized spacial score (nSPS) is 41.5. The van der Waals surface area contributed by atoms with Gasteiger partial charge in [-0.2, -0.15) is 0 Å². The Bertz CT molecular complexity index is 194. The molecule has 3 unspecified atom stereocenters. The quantitative estimate of drug-likeness (QED) is 0.525. The van der Waals surface area contributed by atoms with Crippen LogP contribution in [0.5, 0.6) is 0 Å². The molecule has 1 saturated heterocycles. The summed E-state index contributed by atoms with van der Waals surface area (Å²) in [7, 11) is 0. The van der Waals surface area contributed by atoms with E-state index in [9.17, 15) is 9.90 Å². The van der Waals surface area contributed by atoms with Gasteiger partial charge in [-0.15, -0.1) is 0 Å². The smallest absolute Gasteiger partial charge is 0.407 e. The minimum Gasteiger partial charge on any atom is -0.465 e. The van der Waals surface area contributed by atoms with E-state index in [4.69, 9.17) is 5.11 Å². The van der Waals surface area contributed by atoms with Crippen LogP contribution in [0.2, 0.25) is 0 Å². The molecule has 0 spiro atoms. The largest absolute Gasteiger partial charge is 0.465 e. The van der Waals surface area contributed by atoms with Gasteiger partial charge in [0.1, 0.15) is 0 Å². The maximum absolute atomic E-state index is 10.6. The molecule has 1 aliphatic carbocycles. The third-order valence-corrected chi connectivity index (χ3v) is 2.69. The Morgan fingerprint density at radius 2 is 2.18 bits per heavy atom. The first-order valence-electron chi connectivity index (χ1n) is 3.86. The van der Waals surface area contributed by atoms with Crippen molar-refractivity contribution in [1.29, 1.82) is 0 Å². The molecule has 4 nitrogen and oxygen atoms in total. The number of carboxylic acid groups (broad SMARTS) is 1. The predicted octanol–water partition coefficient (Wildman–Crippen LogP) is 0.120. The van der Waals surface area contributed by atoms with Crippen LogP contribution in [0.15, 0.2) is 0 Å². The van der Waals surface area contributed by atoms with Gasteiger partial charge in [0.15, 0.2) is 0 Å². The number of likely N-dealkylation sites (tertiary alicyclic amines) is 1. The van der Waals surface area contributed by atoms with Crippen molar-refractivity contribution in [3.63, 3.8) is 0 Å². The first-order chi connectivity index (χ1) is 5.18. The van der Waals surface area contributed by atoms with Crippen molar-refractivity contribution in [2.75, 3.05) is 6.54 Å². The molecule has 2 fully saturated rings. The van der Waals surface area contributed by atoms with Gasteiger partial charge < -0.3 is 15.1 Å². The summed E-state index contributed by atoms with van der Waals surface area (Å²) in [5, 5.41) is 18.0. The first-order valence-corrected chi connectivity index (χ1v) is 3.86. The number of nitrogens with zero attached hydrogens (tertiary/aromatic N) is 1. The topological polar surface area (TPSA) is 60.8 Å². The van der Waals surface area contributed by atoms with Crippen LogP contribution >= 0.6 is 0 Å². The van der Waals surface area contributed by atoms with Crippen LogP contribution in [0.25, 0.3) is 0 Å². The molecule has 11 heavy (non-hydrogen) atoms. The van der Waals surface area contributed by atoms with Gasteiger partial charge >= 0.3 is 6.09 Å². The first kappa shape index (κ1) is 6.91. The minimum atomic E-state index is -0.892. The van der Waals surface area contributed by atoms with Crippen molar-refractivity contribution in [3.05, 3.63) is 0 Å². The number of hydrogen-bond acceptors (Lipinski definition) is 2. The number of rotatable bonds is 0. The molecular formula is C7H11NO3. The van der Waals surface area contributed by atoms with Gasteiger partial charge in [0.2, 0.25) is 0 Å². The Morgan fingerprint density at radius 3 is 2.55 bits per heavy atom. The molecule has 1 amide bonds. The van der Waals surface area contributed by atoms with E-state index in [1.165, 1.54) is 4.90 Å². The lowest BCUT2D eigenvalue weighted by atomic mass is 10.1. The van der Waals surface area contributed by atoms with E-state index < -0.39 is 12.2 Å². The van der Waals surface area contributed by atoms with Gasteiger partial charge in [-0.25, -0.2) is 4.79 Å². The number of aliphatic hydroxyl groups is 1. The van der Waals surface area contributed by atoms with Crippen molar-refractivity contribution in [2.45, 2.75) is 25.0 Å². The number of piperidine rings is 1. The fourth-order valence-corrected chi connectivity index (χ4v) is 2.21. The number of carbonyl (C=O) groups is 1. The van der Waals surface area contributed by atoms with E-state index in [0.717, 1.165) is 12.8 Å². The van der Waals surface area contributed by atoms with Crippen LogP contribution in [0.1, 0.15) is 12.8 Å². The molecule has 0 aromatic carbocycles. The SMILES string of the molecule is O=C(O)N1CC2CC(O)C1C2. The van der Waals surface area contributed by atoms with Gasteiger partial charge in [-0.05, 0) is 18.8 Å². The van der Waals surface area contributed by atoms with Gasteiger partial charge in [0.05, 0.1) is 12.1 Å². The summed E-state index contributed by atoms with van der Waals surface area (Å²) in [6.07, 6.45) is 0.336. The lowest BCUT2D eigenvalue weighted by Crippen LogP contribution is -2.43. The minimum absolute atomic E-state index is 0.113. The van der Waals surface area contributed by atoms with Crippen molar-refractivity contribution >= 4 is 6.09 Å². The third-order valence-electron chi connectivity index (χ3n) is 2.69. The predicted molar refractivity (Wildman–Crippen MR) is 37.2 cm³/mol. The number of fused-ring (bicyclic) bond motifs is 2. The molecule has 0 aromatic rings. The zero-order chi connectivity index (χ0) is 8.01. The summed E-state index contributed by atoms with van der Waals surface area (Å²) >= 11 is 0. The van der Waals surface area contributed by atoms with Crippen molar-refractivity contribution in [2.24, 2.45) is 5.92 Å². The second-order valence-electron chi connectivity index (χ2n) is 3.41. The van der Waals surface area contributed by atoms with Crippen molar-refractivity contribution in [1.82, 2.24) is 4.90 Å². The highest BCUT2D eigenvalue weighted by Crippen LogP contribution is 2.37. The molecule has 1 heterocycles. The van der Waals surface area contributed by atoms with Crippen molar-refractivity contribution in [3.8, 4) is 0 Å². The van der Waals surface area contributed by atoms with E-state index in [1.54, 1.807) is 0 Å². The number of aliphatic hydroxyl groups excluding tert-OH is 1. The Kier molecular flexibility index (Phi) is 1.32. The molecule has 3 atom stereocenters. The highest BCUT2D eigenvalue weighted by molar-refractivity contribution is 5.66. The van der Waals surface area contributed by atoms with Crippen LogP contribution in [0.4, 0.5) is 4.79 Å². The average molecular weight is 157 g/mol. The Labute approximate surface area is 64.4 Å². The lowest BCUT2D eigenvalue weighted by Gasteiger charge is -2.27. The molecule has 1 saturated carbocycles. The van der Waals surface area contributed by atoms with Crippen LogP contribution in [0, 0.1) is 5.92 Å². The standard InChI is InChI=1S/C7H11NO3/c9-6-2-4-1-5(6)8(3-4)7(10)11/h4-6,9H,1-3H2,(H,10,11). The summed E-state index contributed by atoms with van der Waals surface area (Å²) < 4.78 is 0. The fraction of sp³-hybridized carbons (Fsp3) is 0.857. The lowest BCUT2D eigenvalue weighted by molar-refractivity contribution is 0.0550. The summed E-state index contributed by atoms with van der Waals surface area (Å²) in [6.45, 7) is 0.622. The second kappa shape index (κ2) is 2.11. The van der Waals surface area contributed by atoms with E-state index in [0.29, 0.717) is 12.5 Å². The van der Waals surface area contributed by atoms with Crippen LogP contribution in [-0.2, 0) is 0 Å². The molecule has 4 heteroatoms.